The number of rotatable bonds is 4. The molecule has 1 aliphatic rings. The van der Waals surface area contributed by atoms with Gasteiger partial charge < -0.3 is 20.9 Å². The molecule has 3 N–H and O–H groups in total. The maximum atomic E-state index is 12.2. The Labute approximate surface area is 121 Å². The van der Waals surface area contributed by atoms with Crippen LogP contribution >= 0.6 is 0 Å². The molecule has 0 spiro atoms. The van der Waals surface area contributed by atoms with Gasteiger partial charge in [-0.05, 0) is 32.9 Å². The molecule has 6 heteroatoms. The highest BCUT2D eigenvalue weighted by Gasteiger charge is 2.25. The van der Waals surface area contributed by atoms with E-state index in [1.54, 1.807) is 0 Å². The van der Waals surface area contributed by atoms with Crippen molar-refractivity contribution in [3.8, 4) is 0 Å². The van der Waals surface area contributed by atoms with E-state index in [-0.39, 0.29) is 30.3 Å². The van der Waals surface area contributed by atoms with Crippen molar-refractivity contribution in [2.45, 2.75) is 39.3 Å². The Morgan fingerprint density at radius 2 is 2.00 bits per heavy atom. The van der Waals surface area contributed by atoms with E-state index in [2.05, 4.69) is 17.3 Å². The average molecular weight is 284 g/mol. The number of carbonyl (C=O) groups excluding carboxylic acids is 2. The predicted molar refractivity (Wildman–Crippen MR) is 79.1 cm³/mol. The maximum Gasteiger partial charge on any atom is 0.242 e. The van der Waals surface area contributed by atoms with Gasteiger partial charge >= 0.3 is 0 Å². The van der Waals surface area contributed by atoms with Crippen LogP contribution in [0.5, 0.6) is 0 Å². The SMILES string of the molecule is CC(C)[C@H](N)C(=O)NCC(=O)N1CCCN(C)CC1C. The summed E-state index contributed by atoms with van der Waals surface area (Å²) in [5.41, 5.74) is 5.75. The number of nitrogens with one attached hydrogen (secondary N) is 1. The van der Waals surface area contributed by atoms with Crippen molar-refractivity contribution in [1.82, 2.24) is 15.1 Å². The Kier molecular flexibility index (Phi) is 6.42. The topological polar surface area (TPSA) is 78.7 Å². The number of hydrogen-bond donors (Lipinski definition) is 2. The highest BCUT2D eigenvalue weighted by molar-refractivity contribution is 5.87. The molecule has 0 bridgehead atoms. The first-order chi connectivity index (χ1) is 9.32. The zero-order valence-corrected chi connectivity index (χ0v) is 13.1. The Balaban J connectivity index is 2.47. The second kappa shape index (κ2) is 7.59. The summed E-state index contributed by atoms with van der Waals surface area (Å²) in [6, 6.07) is -0.388. The lowest BCUT2D eigenvalue weighted by Gasteiger charge is -2.28. The van der Waals surface area contributed by atoms with E-state index in [4.69, 9.17) is 5.73 Å². The molecule has 0 aliphatic carbocycles. The molecule has 2 atom stereocenters. The number of likely N-dealkylation sites (N-methyl/N-ethyl adjacent to an activating group) is 1. The molecule has 2 amide bonds. The van der Waals surface area contributed by atoms with E-state index < -0.39 is 6.04 Å². The minimum atomic E-state index is -0.560. The zero-order chi connectivity index (χ0) is 15.3. The molecule has 1 heterocycles. The van der Waals surface area contributed by atoms with E-state index in [9.17, 15) is 9.59 Å². The van der Waals surface area contributed by atoms with Gasteiger partial charge in [0.05, 0.1) is 12.6 Å². The van der Waals surface area contributed by atoms with E-state index in [0.717, 1.165) is 26.1 Å². The van der Waals surface area contributed by atoms with E-state index in [0.29, 0.717) is 0 Å². The van der Waals surface area contributed by atoms with Crippen molar-refractivity contribution in [2.75, 3.05) is 33.2 Å². The molecule has 0 aromatic heterocycles. The van der Waals surface area contributed by atoms with Gasteiger partial charge in [0.15, 0.2) is 0 Å². The number of amides is 2. The highest BCUT2D eigenvalue weighted by atomic mass is 16.2. The van der Waals surface area contributed by atoms with Gasteiger partial charge in [0.2, 0.25) is 11.8 Å². The van der Waals surface area contributed by atoms with Crippen molar-refractivity contribution < 1.29 is 9.59 Å². The van der Waals surface area contributed by atoms with Gasteiger partial charge in [0.25, 0.3) is 0 Å². The van der Waals surface area contributed by atoms with Crippen LogP contribution in [0.25, 0.3) is 0 Å². The van der Waals surface area contributed by atoms with Crippen LogP contribution in [0, 0.1) is 5.92 Å². The Hall–Kier alpha value is -1.14. The molecule has 20 heavy (non-hydrogen) atoms. The summed E-state index contributed by atoms with van der Waals surface area (Å²) >= 11 is 0. The van der Waals surface area contributed by atoms with Gasteiger partial charge in [0.1, 0.15) is 0 Å². The molecule has 6 nitrogen and oxygen atoms in total. The summed E-state index contributed by atoms with van der Waals surface area (Å²) in [6.07, 6.45) is 0.964. The lowest BCUT2D eigenvalue weighted by atomic mass is 10.1. The second-order valence-corrected chi connectivity index (χ2v) is 6.04. The molecule has 1 aliphatic heterocycles. The number of nitrogens with zero attached hydrogens (tertiary/aromatic N) is 2. The third-order valence-corrected chi connectivity index (χ3v) is 3.80. The number of nitrogens with two attached hydrogens (primary N) is 1. The summed E-state index contributed by atoms with van der Waals surface area (Å²) < 4.78 is 0. The van der Waals surface area contributed by atoms with Gasteiger partial charge in [-0.1, -0.05) is 13.8 Å². The minimum absolute atomic E-state index is 0.0305. The first-order valence-electron chi connectivity index (χ1n) is 7.34. The lowest BCUT2D eigenvalue weighted by molar-refractivity contribution is -0.134. The fraction of sp³-hybridized carbons (Fsp3) is 0.857. The van der Waals surface area contributed by atoms with Gasteiger partial charge in [-0.2, -0.15) is 0 Å². The van der Waals surface area contributed by atoms with E-state index in [1.807, 2.05) is 25.7 Å². The molecule has 116 valence electrons. The quantitative estimate of drug-likeness (QED) is 0.739. The molecule has 1 rings (SSSR count). The smallest absolute Gasteiger partial charge is 0.242 e. The van der Waals surface area contributed by atoms with Crippen molar-refractivity contribution in [3.63, 3.8) is 0 Å². The monoisotopic (exact) mass is 284 g/mol. The summed E-state index contributed by atoms with van der Waals surface area (Å²) in [4.78, 5) is 28.1. The predicted octanol–water partition coefficient (Wildman–Crippen LogP) is -0.361. The molecular formula is C14H28N4O2. The largest absolute Gasteiger partial charge is 0.346 e. The van der Waals surface area contributed by atoms with Crippen LogP contribution < -0.4 is 11.1 Å². The summed E-state index contributed by atoms with van der Waals surface area (Å²) in [7, 11) is 2.06. The molecule has 1 fully saturated rings. The standard InChI is InChI=1S/C14H28N4O2/c1-10(2)13(15)14(20)16-8-12(19)18-7-5-6-17(4)9-11(18)3/h10-11,13H,5-9,15H2,1-4H3,(H,16,20)/t11?,13-/m0/s1. The molecular weight excluding hydrogens is 256 g/mol. The fourth-order valence-electron chi connectivity index (χ4n) is 2.43. The van der Waals surface area contributed by atoms with Gasteiger partial charge in [-0.15, -0.1) is 0 Å². The summed E-state index contributed by atoms with van der Waals surface area (Å²) in [5, 5.41) is 2.64. The van der Waals surface area contributed by atoms with Gasteiger partial charge in [0, 0.05) is 19.1 Å². The molecule has 1 saturated heterocycles. The summed E-state index contributed by atoms with van der Waals surface area (Å²) in [5.74, 6) is -0.221. The van der Waals surface area contributed by atoms with Crippen LogP contribution in [0.15, 0.2) is 0 Å². The third kappa shape index (κ3) is 4.76. The fourth-order valence-corrected chi connectivity index (χ4v) is 2.43. The molecule has 0 aromatic carbocycles. The van der Waals surface area contributed by atoms with E-state index in [1.165, 1.54) is 0 Å². The third-order valence-electron chi connectivity index (χ3n) is 3.80. The number of hydrogen-bond acceptors (Lipinski definition) is 4. The molecule has 0 aromatic rings. The minimum Gasteiger partial charge on any atom is -0.346 e. The number of carbonyl (C=O) groups is 2. The molecule has 1 unspecified atom stereocenters. The van der Waals surface area contributed by atoms with Crippen molar-refractivity contribution in [3.05, 3.63) is 0 Å². The second-order valence-electron chi connectivity index (χ2n) is 6.04. The Bertz CT molecular complexity index is 346. The van der Waals surface area contributed by atoms with E-state index >= 15 is 0 Å². The van der Waals surface area contributed by atoms with Crippen LogP contribution in [0.3, 0.4) is 0 Å². The Morgan fingerprint density at radius 3 is 2.60 bits per heavy atom. The van der Waals surface area contributed by atoms with Gasteiger partial charge in [-0.25, -0.2) is 0 Å². The lowest BCUT2D eigenvalue weighted by Crippen LogP contribution is -2.50. The van der Waals surface area contributed by atoms with Gasteiger partial charge in [-0.3, -0.25) is 9.59 Å². The zero-order valence-electron chi connectivity index (χ0n) is 13.1. The van der Waals surface area contributed by atoms with Crippen molar-refractivity contribution in [2.24, 2.45) is 11.7 Å². The molecule has 0 saturated carbocycles. The molecule has 0 radical (unpaired) electrons. The van der Waals surface area contributed by atoms with Crippen LogP contribution in [0.4, 0.5) is 0 Å². The highest BCUT2D eigenvalue weighted by Crippen LogP contribution is 2.08. The normalized spacial score (nSPS) is 22.5. The maximum absolute atomic E-state index is 12.2. The first kappa shape index (κ1) is 16.9. The van der Waals surface area contributed by atoms with Crippen LogP contribution in [-0.2, 0) is 9.59 Å². The van der Waals surface area contributed by atoms with Crippen LogP contribution in [0.2, 0.25) is 0 Å². The Morgan fingerprint density at radius 1 is 1.35 bits per heavy atom. The van der Waals surface area contributed by atoms with Crippen molar-refractivity contribution in [1.29, 1.82) is 0 Å². The van der Waals surface area contributed by atoms with Crippen molar-refractivity contribution >= 4 is 11.8 Å². The average Bonchev–Trinajstić information content (AvgIpc) is 2.55. The van der Waals surface area contributed by atoms with Crippen LogP contribution in [0.1, 0.15) is 27.2 Å². The first-order valence-corrected chi connectivity index (χ1v) is 7.34. The summed E-state index contributed by atoms with van der Waals surface area (Å²) in [6.45, 7) is 8.46. The van der Waals surface area contributed by atoms with Crippen LogP contribution in [-0.4, -0.2) is 66.9 Å².